The third kappa shape index (κ3) is 2.52. The second-order valence-corrected chi connectivity index (χ2v) is 6.70. The Morgan fingerprint density at radius 1 is 1.27 bits per heavy atom. The molecule has 0 amide bonds. The molecule has 2 aliphatic rings. The quantitative estimate of drug-likeness (QED) is 0.945. The summed E-state index contributed by atoms with van der Waals surface area (Å²) >= 11 is 0. The van der Waals surface area contributed by atoms with Crippen LogP contribution < -0.4 is 5.32 Å². The van der Waals surface area contributed by atoms with Gasteiger partial charge in [-0.3, -0.25) is 9.47 Å². The molecule has 5 nitrogen and oxygen atoms in total. The highest BCUT2D eigenvalue weighted by Gasteiger charge is 2.28. The van der Waals surface area contributed by atoms with Gasteiger partial charge < -0.3 is 5.32 Å². The lowest BCUT2D eigenvalue weighted by atomic mass is 10.0. The maximum Gasteiger partial charge on any atom is 0.161 e. The number of aromatic nitrogens is 3. The fourth-order valence-electron chi connectivity index (χ4n) is 3.97. The molecule has 0 saturated carbocycles. The summed E-state index contributed by atoms with van der Waals surface area (Å²) < 4.78 is 2.40. The van der Waals surface area contributed by atoms with Crippen molar-refractivity contribution in [2.45, 2.75) is 50.7 Å². The van der Waals surface area contributed by atoms with Crippen LogP contribution in [0.2, 0.25) is 0 Å². The topological polar surface area (TPSA) is 46.0 Å². The smallest absolute Gasteiger partial charge is 0.161 e. The van der Waals surface area contributed by atoms with Crippen LogP contribution in [0.3, 0.4) is 0 Å². The van der Waals surface area contributed by atoms with Crippen LogP contribution in [0.25, 0.3) is 11.2 Å². The molecular formula is C17H25N5. The summed E-state index contributed by atoms with van der Waals surface area (Å²) in [7, 11) is 2.22. The Kier molecular flexibility index (Phi) is 3.84. The third-order valence-corrected chi connectivity index (χ3v) is 5.14. The van der Waals surface area contributed by atoms with E-state index in [2.05, 4.69) is 32.9 Å². The number of nitrogens with one attached hydrogen (secondary N) is 1. The lowest BCUT2D eigenvalue weighted by Gasteiger charge is -2.26. The number of fused-ring (bicyclic) bond motifs is 1. The minimum atomic E-state index is 0.415. The lowest BCUT2D eigenvalue weighted by Crippen LogP contribution is -2.37. The number of imidazole rings is 1. The van der Waals surface area contributed by atoms with Crippen LogP contribution in [-0.2, 0) is 6.42 Å². The van der Waals surface area contributed by atoms with Crippen LogP contribution in [0.5, 0.6) is 0 Å². The van der Waals surface area contributed by atoms with Gasteiger partial charge in [-0.25, -0.2) is 9.97 Å². The summed E-state index contributed by atoms with van der Waals surface area (Å²) in [6, 6.07) is 4.64. The van der Waals surface area contributed by atoms with Gasteiger partial charge in [0, 0.05) is 18.7 Å². The van der Waals surface area contributed by atoms with E-state index in [0.717, 1.165) is 30.7 Å². The lowest BCUT2D eigenvalue weighted by molar-refractivity contribution is 0.235. The second-order valence-electron chi connectivity index (χ2n) is 6.70. The Hall–Kier alpha value is -1.46. The van der Waals surface area contributed by atoms with Crippen molar-refractivity contribution in [2.24, 2.45) is 0 Å². The van der Waals surface area contributed by atoms with Crippen LogP contribution in [0, 0.1) is 0 Å². The first-order valence-electron chi connectivity index (χ1n) is 8.58. The molecule has 2 atom stereocenters. The SMILES string of the molecule is CN1CCCC1n1c(CC2CCCCN2)nc2cccnc21. The molecule has 4 heterocycles. The van der Waals surface area contributed by atoms with Gasteiger partial charge >= 0.3 is 0 Å². The van der Waals surface area contributed by atoms with E-state index in [1.165, 1.54) is 37.9 Å². The highest BCUT2D eigenvalue weighted by Crippen LogP contribution is 2.30. The van der Waals surface area contributed by atoms with E-state index in [0.29, 0.717) is 12.2 Å². The molecule has 1 N–H and O–H groups in total. The second kappa shape index (κ2) is 5.97. The van der Waals surface area contributed by atoms with Crippen molar-refractivity contribution in [3.05, 3.63) is 24.2 Å². The number of rotatable bonds is 3. The number of nitrogens with zero attached hydrogens (tertiary/aromatic N) is 4. The zero-order chi connectivity index (χ0) is 14.9. The Morgan fingerprint density at radius 3 is 3.00 bits per heavy atom. The van der Waals surface area contributed by atoms with Crippen molar-refractivity contribution in [3.63, 3.8) is 0 Å². The molecule has 0 radical (unpaired) electrons. The predicted molar refractivity (Wildman–Crippen MR) is 87.8 cm³/mol. The largest absolute Gasteiger partial charge is 0.314 e. The van der Waals surface area contributed by atoms with Gasteiger partial charge in [0.25, 0.3) is 0 Å². The number of likely N-dealkylation sites (tertiary alicyclic amines) is 1. The fourth-order valence-corrected chi connectivity index (χ4v) is 3.97. The first-order valence-corrected chi connectivity index (χ1v) is 8.58. The number of pyridine rings is 1. The molecule has 0 aromatic carbocycles. The molecule has 22 heavy (non-hydrogen) atoms. The van der Waals surface area contributed by atoms with E-state index in [9.17, 15) is 0 Å². The zero-order valence-corrected chi connectivity index (χ0v) is 13.3. The summed E-state index contributed by atoms with van der Waals surface area (Å²) in [5, 5.41) is 3.65. The van der Waals surface area contributed by atoms with E-state index < -0.39 is 0 Å². The van der Waals surface area contributed by atoms with Gasteiger partial charge in [0.2, 0.25) is 0 Å². The molecule has 118 valence electrons. The molecule has 2 aromatic rings. The summed E-state index contributed by atoms with van der Waals surface area (Å²) in [5.41, 5.74) is 2.08. The Morgan fingerprint density at radius 2 is 2.23 bits per heavy atom. The highest BCUT2D eigenvalue weighted by atomic mass is 15.3. The molecule has 0 spiro atoms. The molecule has 4 rings (SSSR count). The number of hydrogen-bond acceptors (Lipinski definition) is 4. The Labute approximate surface area is 131 Å². The number of hydrogen-bond donors (Lipinski definition) is 1. The van der Waals surface area contributed by atoms with E-state index in [1.807, 2.05) is 12.3 Å². The monoisotopic (exact) mass is 299 g/mol. The first kappa shape index (κ1) is 14.2. The number of piperidine rings is 1. The van der Waals surface area contributed by atoms with E-state index in [4.69, 9.17) is 4.98 Å². The van der Waals surface area contributed by atoms with Crippen molar-refractivity contribution in [3.8, 4) is 0 Å². The minimum Gasteiger partial charge on any atom is -0.314 e. The van der Waals surface area contributed by atoms with Gasteiger partial charge in [0.05, 0.1) is 6.17 Å². The van der Waals surface area contributed by atoms with Crippen molar-refractivity contribution in [2.75, 3.05) is 20.1 Å². The summed E-state index contributed by atoms with van der Waals surface area (Å²) in [6.07, 6.45) is 9.67. The van der Waals surface area contributed by atoms with Gasteiger partial charge in [-0.1, -0.05) is 6.42 Å². The van der Waals surface area contributed by atoms with E-state index >= 15 is 0 Å². The van der Waals surface area contributed by atoms with E-state index in [1.54, 1.807) is 0 Å². The fraction of sp³-hybridized carbons (Fsp3) is 0.647. The van der Waals surface area contributed by atoms with Crippen LogP contribution in [0.4, 0.5) is 0 Å². The van der Waals surface area contributed by atoms with Crippen molar-refractivity contribution in [1.82, 2.24) is 24.8 Å². The van der Waals surface area contributed by atoms with Gasteiger partial charge in [-0.2, -0.15) is 0 Å². The van der Waals surface area contributed by atoms with Crippen LogP contribution in [-0.4, -0.2) is 45.6 Å². The maximum absolute atomic E-state index is 4.92. The molecule has 0 aliphatic carbocycles. The van der Waals surface area contributed by atoms with Crippen molar-refractivity contribution in [1.29, 1.82) is 0 Å². The van der Waals surface area contributed by atoms with Crippen molar-refractivity contribution >= 4 is 11.2 Å². The third-order valence-electron chi connectivity index (χ3n) is 5.14. The normalized spacial score (nSPS) is 26.8. The Bertz CT molecular complexity index is 644. The molecule has 5 heteroatoms. The average Bonchev–Trinajstić information content (AvgIpc) is 3.11. The molecule has 0 bridgehead atoms. The predicted octanol–water partition coefficient (Wildman–Crippen LogP) is 2.34. The summed E-state index contributed by atoms with van der Waals surface area (Å²) in [5.74, 6) is 1.20. The zero-order valence-electron chi connectivity index (χ0n) is 13.3. The molecular weight excluding hydrogens is 274 g/mol. The van der Waals surface area contributed by atoms with Crippen LogP contribution in [0.1, 0.15) is 44.1 Å². The van der Waals surface area contributed by atoms with E-state index in [-0.39, 0.29) is 0 Å². The highest BCUT2D eigenvalue weighted by molar-refractivity contribution is 5.71. The minimum absolute atomic E-state index is 0.415. The van der Waals surface area contributed by atoms with Gasteiger partial charge in [-0.15, -0.1) is 0 Å². The molecule has 2 aromatic heterocycles. The maximum atomic E-state index is 4.92. The standard InChI is InChI=1S/C17H25N5/c1-21-11-5-8-16(21)22-15(12-13-6-2-3-9-18-13)20-14-7-4-10-19-17(14)22/h4,7,10,13,16,18H,2-3,5-6,8-9,11-12H2,1H3. The van der Waals surface area contributed by atoms with Gasteiger partial charge in [0.15, 0.2) is 5.65 Å². The molecule has 2 unspecified atom stereocenters. The molecule has 2 saturated heterocycles. The van der Waals surface area contributed by atoms with Crippen LogP contribution in [0.15, 0.2) is 18.3 Å². The first-order chi connectivity index (χ1) is 10.8. The van der Waals surface area contributed by atoms with Crippen molar-refractivity contribution < 1.29 is 0 Å². The van der Waals surface area contributed by atoms with Crippen LogP contribution >= 0.6 is 0 Å². The molecule has 2 fully saturated rings. The molecule has 2 aliphatic heterocycles. The summed E-state index contributed by atoms with van der Waals surface area (Å²) in [4.78, 5) is 12.0. The Balaban J connectivity index is 1.72. The summed E-state index contributed by atoms with van der Waals surface area (Å²) in [6.45, 7) is 2.31. The van der Waals surface area contributed by atoms with Gasteiger partial charge in [0.1, 0.15) is 11.3 Å². The average molecular weight is 299 g/mol. The van der Waals surface area contributed by atoms with Gasteiger partial charge in [-0.05, 0) is 58.0 Å².